The van der Waals surface area contributed by atoms with Crippen molar-refractivity contribution in [1.29, 1.82) is 0 Å². The second-order valence-corrected chi connectivity index (χ2v) is 5.43. The molecule has 0 bridgehead atoms. The largest absolute Gasteiger partial charge is 0.389 e. The van der Waals surface area contributed by atoms with Gasteiger partial charge in [-0.25, -0.2) is 0 Å². The fraction of sp³-hybridized carbons (Fsp3) is 0.923. The molecule has 0 aromatic rings. The molecule has 0 radical (unpaired) electrons. The number of nitrogens with one attached hydrogen (secondary N) is 2. The highest BCUT2D eigenvalue weighted by Crippen LogP contribution is 2.28. The van der Waals surface area contributed by atoms with E-state index < -0.39 is 6.10 Å². The molecular formula is C13H24N2O3. The second kappa shape index (κ2) is 7.07. The minimum absolute atomic E-state index is 0.101. The smallest absolute Gasteiger partial charge is 0.221 e. The molecule has 1 unspecified atom stereocenters. The molecule has 0 saturated heterocycles. The SMILES string of the molecule is O=C(CCNCC(O)COCC1CC1)NC1CC1. The summed E-state index contributed by atoms with van der Waals surface area (Å²) < 4.78 is 5.39. The van der Waals surface area contributed by atoms with Crippen LogP contribution < -0.4 is 10.6 Å². The van der Waals surface area contributed by atoms with Crippen LogP contribution in [-0.4, -0.2) is 49.5 Å². The number of aliphatic hydroxyl groups is 1. The fourth-order valence-corrected chi connectivity index (χ4v) is 1.71. The highest BCUT2D eigenvalue weighted by atomic mass is 16.5. The van der Waals surface area contributed by atoms with Crippen molar-refractivity contribution in [3.63, 3.8) is 0 Å². The summed E-state index contributed by atoms with van der Waals surface area (Å²) in [6.45, 7) is 2.26. The summed E-state index contributed by atoms with van der Waals surface area (Å²) >= 11 is 0. The van der Waals surface area contributed by atoms with E-state index in [1.807, 2.05) is 0 Å². The van der Waals surface area contributed by atoms with E-state index >= 15 is 0 Å². The van der Waals surface area contributed by atoms with Crippen molar-refractivity contribution >= 4 is 5.91 Å². The highest BCUT2D eigenvalue weighted by Gasteiger charge is 2.23. The molecule has 104 valence electrons. The first-order chi connectivity index (χ1) is 8.74. The number of hydrogen-bond acceptors (Lipinski definition) is 4. The van der Waals surface area contributed by atoms with Crippen molar-refractivity contribution in [3.05, 3.63) is 0 Å². The first kappa shape index (κ1) is 13.8. The average molecular weight is 256 g/mol. The third-order valence-corrected chi connectivity index (χ3v) is 3.21. The second-order valence-electron chi connectivity index (χ2n) is 5.43. The van der Waals surface area contributed by atoms with Crippen LogP contribution in [0.15, 0.2) is 0 Å². The Bertz CT molecular complexity index is 265. The number of aliphatic hydroxyl groups excluding tert-OH is 1. The maximum absolute atomic E-state index is 11.4. The molecule has 0 spiro atoms. The molecular weight excluding hydrogens is 232 g/mol. The molecule has 2 aliphatic rings. The van der Waals surface area contributed by atoms with Gasteiger partial charge in [0.05, 0.1) is 12.7 Å². The minimum atomic E-state index is -0.477. The van der Waals surface area contributed by atoms with Gasteiger partial charge in [0.1, 0.15) is 0 Å². The molecule has 0 aliphatic heterocycles. The van der Waals surface area contributed by atoms with Gasteiger partial charge in [-0.15, -0.1) is 0 Å². The maximum atomic E-state index is 11.4. The Morgan fingerprint density at radius 1 is 1.33 bits per heavy atom. The van der Waals surface area contributed by atoms with Crippen molar-refractivity contribution in [3.8, 4) is 0 Å². The average Bonchev–Trinajstić information content (AvgIpc) is 3.19. The Morgan fingerprint density at radius 2 is 2.11 bits per heavy atom. The van der Waals surface area contributed by atoms with Crippen LogP contribution in [-0.2, 0) is 9.53 Å². The fourth-order valence-electron chi connectivity index (χ4n) is 1.71. The van der Waals surface area contributed by atoms with Crippen LogP contribution in [0, 0.1) is 5.92 Å². The number of rotatable bonds is 10. The topological polar surface area (TPSA) is 70.6 Å². The quantitative estimate of drug-likeness (QED) is 0.482. The molecule has 0 aromatic heterocycles. The minimum Gasteiger partial charge on any atom is -0.389 e. The summed E-state index contributed by atoms with van der Waals surface area (Å²) in [5.74, 6) is 0.834. The van der Waals surface area contributed by atoms with Gasteiger partial charge in [-0.2, -0.15) is 0 Å². The summed E-state index contributed by atoms with van der Waals surface area (Å²) in [5.41, 5.74) is 0. The van der Waals surface area contributed by atoms with Crippen LogP contribution in [0.3, 0.4) is 0 Å². The van der Waals surface area contributed by atoms with E-state index in [4.69, 9.17) is 4.74 Å². The standard InChI is InChI=1S/C13H24N2O3/c16-12(9-18-8-10-1-2-10)7-14-6-5-13(17)15-11-3-4-11/h10-12,14,16H,1-9H2,(H,15,17). The van der Waals surface area contributed by atoms with Crippen molar-refractivity contribution in [2.45, 2.75) is 44.2 Å². The third kappa shape index (κ3) is 6.33. The zero-order valence-electron chi connectivity index (χ0n) is 10.9. The Balaban J connectivity index is 1.37. The summed E-state index contributed by atoms with van der Waals surface area (Å²) in [7, 11) is 0. The molecule has 5 heteroatoms. The van der Waals surface area contributed by atoms with Crippen LogP contribution in [0.1, 0.15) is 32.1 Å². The zero-order valence-corrected chi connectivity index (χ0v) is 10.9. The molecule has 5 nitrogen and oxygen atoms in total. The van der Waals surface area contributed by atoms with Gasteiger partial charge in [0, 0.05) is 32.2 Å². The monoisotopic (exact) mass is 256 g/mol. The van der Waals surface area contributed by atoms with Gasteiger partial charge in [0.15, 0.2) is 0 Å². The Hall–Kier alpha value is -0.650. The molecule has 1 amide bonds. The number of carbonyl (C=O) groups is 1. The van der Waals surface area contributed by atoms with Gasteiger partial charge < -0.3 is 20.5 Å². The summed E-state index contributed by atoms with van der Waals surface area (Å²) in [5, 5.41) is 15.6. The van der Waals surface area contributed by atoms with Crippen LogP contribution in [0.5, 0.6) is 0 Å². The lowest BCUT2D eigenvalue weighted by Gasteiger charge is -2.12. The molecule has 2 fully saturated rings. The van der Waals surface area contributed by atoms with Crippen molar-refractivity contribution in [2.75, 3.05) is 26.3 Å². The predicted molar refractivity (Wildman–Crippen MR) is 68.2 cm³/mol. The van der Waals surface area contributed by atoms with Crippen LogP contribution in [0.4, 0.5) is 0 Å². The molecule has 3 N–H and O–H groups in total. The van der Waals surface area contributed by atoms with Gasteiger partial charge >= 0.3 is 0 Å². The predicted octanol–water partition coefficient (Wildman–Crippen LogP) is 0.0322. The molecule has 2 saturated carbocycles. The Labute approximate surface area is 108 Å². The molecule has 2 aliphatic carbocycles. The van der Waals surface area contributed by atoms with Gasteiger partial charge in [-0.05, 0) is 31.6 Å². The van der Waals surface area contributed by atoms with E-state index in [0.717, 1.165) is 25.4 Å². The van der Waals surface area contributed by atoms with Gasteiger partial charge in [0.2, 0.25) is 5.91 Å². The van der Waals surface area contributed by atoms with E-state index in [-0.39, 0.29) is 5.91 Å². The van der Waals surface area contributed by atoms with Crippen molar-refractivity contribution in [2.24, 2.45) is 5.92 Å². The highest BCUT2D eigenvalue weighted by molar-refractivity contribution is 5.76. The molecule has 2 rings (SSSR count). The zero-order chi connectivity index (χ0) is 12.8. The molecule has 18 heavy (non-hydrogen) atoms. The van der Waals surface area contributed by atoms with Gasteiger partial charge in [0.25, 0.3) is 0 Å². The normalized spacial score (nSPS) is 20.7. The Morgan fingerprint density at radius 3 is 2.78 bits per heavy atom. The van der Waals surface area contributed by atoms with E-state index in [1.165, 1.54) is 12.8 Å². The summed E-state index contributed by atoms with van der Waals surface area (Å²) in [4.78, 5) is 11.4. The van der Waals surface area contributed by atoms with Crippen LogP contribution in [0.25, 0.3) is 0 Å². The van der Waals surface area contributed by atoms with Crippen molar-refractivity contribution < 1.29 is 14.6 Å². The van der Waals surface area contributed by atoms with Gasteiger partial charge in [-0.3, -0.25) is 4.79 Å². The maximum Gasteiger partial charge on any atom is 0.221 e. The van der Waals surface area contributed by atoms with E-state index in [2.05, 4.69) is 10.6 Å². The lowest BCUT2D eigenvalue weighted by molar-refractivity contribution is -0.121. The lowest BCUT2D eigenvalue weighted by Crippen LogP contribution is -2.34. The number of amides is 1. The van der Waals surface area contributed by atoms with Crippen molar-refractivity contribution in [1.82, 2.24) is 10.6 Å². The number of hydrogen-bond donors (Lipinski definition) is 3. The summed E-state index contributed by atoms with van der Waals surface area (Å²) in [6.07, 6.45) is 4.78. The first-order valence-electron chi connectivity index (χ1n) is 7.00. The van der Waals surface area contributed by atoms with Crippen LogP contribution in [0.2, 0.25) is 0 Å². The molecule has 1 atom stereocenters. The van der Waals surface area contributed by atoms with E-state index in [0.29, 0.717) is 32.2 Å². The third-order valence-electron chi connectivity index (χ3n) is 3.21. The van der Waals surface area contributed by atoms with Gasteiger partial charge in [-0.1, -0.05) is 0 Å². The Kier molecular flexibility index (Phi) is 5.41. The lowest BCUT2D eigenvalue weighted by atomic mass is 10.3. The van der Waals surface area contributed by atoms with E-state index in [9.17, 15) is 9.90 Å². The summed E-state index contributed by atoms with van der Waals surface area (Å²) in [6, 6.07) is 0.430. The molecule has 0 aromatic carbocycles. The number of carbonyl (C=O) groups excluding carboxylic acids is 1. The van der Waals surface area contributed by atoms with E-state index in [1.54, 1.807) is 0 Å². The van der Waals surface area contributed by atoms with Crippen LogP contribution >= 0.6 is 0 Å². The first-order valence-corrected chi connectivity index (χ1v) is 7.00. The molecule has 0 heterocycles. The number of ether oxygens (including phenoxy) is 1.